The van der Waals surface area contributed by atoms with Crippen LogP contribution in [0.25, 0.3) is 0 Å². The molecule has 0 N–H and O–H groups in total. The van der Waals surface area contributed by atoms with Crippen molar-refractivity contribution in [2.24, 2.45) is 0 Å². The first kappa shape index (κ1) is 15.4. The fraction of sp³-hybridized carbons (Fsp3) is 0.600. The monoisotopic (exact) mass is 339 g/mol. The van der Waals surface area contributed by atoms with E-state index in [9.17, 15) is 4.79 Å². The van der Waals surface area contributed by atoms with Crippen molar-refractivity contribution < 1.29 is 4.79 Å². The zero-order chi connectivity index (χ0) is 14.5. The third-order valence-corrected chi connectivity index (χ3v) is 4.38. The number of piperidine rings is 1. The molecule has 0 unspecified atom stereocenters. The topological polar surface area (TPSA) is 36.4 Å². The predicted molar refractivity (Wildman–Crippen MR) is 83.8 cm³/mol. The van der Waals surface area contributed by atoms with E-state index in [4.69, 9.17) is 0 Å². The summed E-state index contributed by atoms with van der Waals surface area (Å²) in [5.74, 6) is 0.0199. The van der Waals surface area contributed by atoms with Gasteiger partial charge in [0, 0.05) is 36.8 Å². The highest BCUT2D eigenvalue weighted by Gasteiger charge is 2.26. The van der Waals surface area contributed by atoms with Crippen LogP contribution in [0.15, 0.2) is 22.8 Å². The van der Waals surface area contributed by atoms with Crippen LogP contribution in [0.3, 0.4) is 0 Å². The minimum Gasteiger partial charge on any atom is -0.337 e. The highest BCUT2D eigenvalue weighted by atomic mass is 79.9. The predicted octanol–water partition coefficient (Wildman–Crippen LogP) is 2.79. The van der Waals surface area contributed by atoms with Gasteiger partial charge in [0.25, 0.3) is 5.91 Å². The molecule has 1 aromatic rings. The largest absolute Gasteiger partial charge is 0.337 e. The van der Waals surface area contributed by atoms with Gasteiger partial charge in [-0.3, -0.25) is 4.79 Å². The summed E-state index contributed by atoms with van der Waals surface area (Å²) in [4.78, 5) is 20.9. The van der Waals surface area contributed by atoms with Crippen molar-refractivity contribution >= 4 is 21.8 Å². The first-order valence-corrected chi connectivity index (χ1v) is 8.02. The molecule has 0 atom stereocenters. The van der Waals surface area contributed by atoms with Gasteiger partial charge < -0.3 is 9.80 Å². The van der Waals surface area contributed by atoms with Crippen LogP contribution in [0.2, 0.25) is 0 Å². The highest BCUT2D eigenvalue weighted by molar-refractivity contribution is 9.10. The van der Waals surface area contributed by atoms with E-state index in [2.05, 4.69) is 32.7 Å². The Morgan fingerprint density at radius 1 is 1.45 bits per heavy atom. The number of hydrogen-bond acceptors (Lipinski definition) is 3. The third kappa shape index (κ3) is 3.79. The molecule has 1 amide bonds. The van der Waals surface area contributed by atoms with Gasteiger partial charge in [-0.05, 0) is 53.9 Å². The average Bonchev–Trinajstić information content (AvgIpc) is 2.48. The van der Waals surface area contributed by atoms with Crippen molar-refractivity contribution in [3.63, 3.8) is 0 Å². The van der Waals surface area contributed by atoms with Crippen molar-refractivity contribution in [3.8, 4) is 0 Å². The van der Waals surface area contributed by atoms with Crippen LogP contribution in [0, 0.1) is 0 Å². The fourth-order valence-corrected chi connectivity index (χ4v) is 2.93. The van der Waals surface area contributed by atoms with E-state index >= 15 is 0 Å². The van der Waals surface area contributed by atoms with E-state index in [0.717, 1.165) is 30.4 Å². The van der Waals surface area contributed by atoms with E-state index in [0.29, 0.717) is 11.7 Å². The highest BCUT2D eigenvalue weighted by Crippen LogP contribution is 2.18. The molecule has 0 aromatic carbocycles. The summed E-state index contributed by atoms with van der Waals surface area (Å²) < 4.78 is 0.893. The quantitative estimate of drug-likeness (QED) is 0.846. The van der Waals surface area contributed by atoms with Gasteiger partial charge in [0.2, 0.25) is 0 Å². The molecule has 0 radical (unpaired) electrons. The smallest absolute Gasteiger partial charge is 0.272 e. The molecule has 110 valence electrons. The maximum Gasteiger partial charge on any atom is 0.272 e. The molecule has 20 heavy (non-hydrogen) atoms. The van der Waals surface area contributed by atoms with E-state index in [1.54, 1.807) is 12.3 Å². The number of nitrogens with zero attached hydrogens (tertiary/aromatic N) is 3. The van der Waals surface area contributed by atoms with E-state index in [-0.39, 0.29) is 5.91 Å². The lowest BCUT2D eigenvalue weighted by Gasteiger charge is -2.36. The van der Waals surface area contributed by atoms with Crippen molar-refractivity contribution in [3.05, 3.63) is 28.5 Å². The van der Waals surface area contributed by atoms with Crippen LogP contribution < -0.4 is 0 Å². The summed E-state index contributed by atoms with van der Waals surface area (Å²) in [7, 11) is 1.90. The Hall–Kier alpha value is -0.940. The minimum absolute atomic E-state index is 0.0199. The Kier molecular flexibility index (Phi) is 5.54. The second-order valence-electron chi connectivity index (χ2n) is 5.35. The van der Waals surface area contributed by atoms with Crippen LogP contribution >= 0.6 is 15.9 Å². The number of likely N-dealkylation sites (tertiary alicyclic amines) is 1. The van der Waals surface area contributed by atoms with Crippen LogP contribution in [0.4, 0.5) is 0 Å². The zero-order valence-corrected chi connectivity index (χ0v) is 13.8. The number of carbonyl (C=O) groups excluding carboxylic acids is 1. The fourth-order valence-electron chi connectivity index (χ4n) is 2.70. The standard InChI is InChI=1S/C15H22BrN3O/c1-3-8-19-9-6-13(7-10-19)18(2)15(20)14-5-4-12(16)11-17-14/h4-5,11,13H,3,6-10H2,1-2H3. The van der Waals surface area contributed by atoms with E-state index in [1.165, 1.54) is 13.0 Å². The number of amides is 1. The molecule has 0 aliphatic carbocycles. The lowest BCUT2D eigenvalue weighted by molar-refractivity contribution is 0.0637. The van der Waals surface area contributed by atoms with Gasteiger partial charge in [-0.2, -0.15) is 0 Å². The minimum atomic E-state index is 0.0199. The molecule has 1 aliphatic rings. The summed E-state index contributed by atoms with van der Waals surface area (Å²) in [6.45, 7) is 5.55. The average molecular weight is 340 g/mol. The van der Waals surface area contributed by atoms with Crippen molar-refractivity contribution in [1.29, 1.82) is 0 Å². The van der Waals surface area contributed by atoms with Gasteiger partial charge >= 0.3 is 0 Å². The zero-order valence-electron chi connectivity index (χ0n) is 12.2. The molecule has 5 heteroatoms. The Morgan fingerprint density at radius 3 is 2.70 bits per heavy atom. The number of halogens is 1. The van der Waals surface area contributed by atoms with Gasteiger partial charge in [0.1, 0.15) is 5.69 Å². The van der Waals surface area contributed by atoms with Crippen LogP contribution in [0.5, 0.6) is 0 Å². The Balaban J connectivity index is 1.93. The molecular weight excluding hydrogens is 318 g/mol. The molecule has 0 bridgehead atoms. The molecule has 1 saturated heterocycles. The van der Waals surface area contributed by atoms with E-state index in [1.807, 2.05) is 18.0 Å². The molecule has 1 aliphatic heterocycles. The molecule has 2 rings (SSSR count). The second kappa shape index (κ2) is 7.18. The summed E-state index contributed by atoms with van der Waals surface area (Å²) >= 11 is 3.34. The molecule has 1 aromatic heterocycles. The number of rotatable bonds is 4. The molecule has 4 nitrogen and oxygen atoms in total. The van der Waals surface area contributed by atoms with Crippen LogP contribution in [0.1, 0.15) is 36.7 Å². The van der Waals surface area contributed by atoms with Crippen molar-refractivity contribution in [1.82, 2.24) is 14.8 Å². The Morgan fingerprint density at radius 2 is 2.15 bits per heavy atom. The molecule has 1 fully saturated rings. The molecule has 0 saturated carbocycles. The van der Waals surface area contributed by atoms with Gasteiger partial charge in [-0.1, -0.05) is 6.92 Å². The summed E-state index contributed by atoms with van der Waals surface area (Å²) in [6, 6.07) is 3.97. The maximum atomic E-state index is 12.4. The third-order valence-electron chi connectivity index (χ3n) is 3.91. The van der Waals surface area contributed by atoms with Gasteiger partial charge in [0.05, 0.1) is 0 Å². The maximum absolute atomic E-state index is 12.4. The number of aromatic nitrogens is 1. The first-order chi connectivity index (χ1) is 9.61. The van der Waals surface area contributed by atoms with Crippen LogP contribution in [-0.2, 0) is 0 Å². The first-order valence-electron chi connectivity index (χ1n) is 7.23. The Labute approximate surface area is 129 Å². The lowest BCUT2D eigenvalue weighted by atomic mass is 10.0. The summed E-state index contributed by atoms with van der Waals surface area (Å²) in [6.07, 6.45) is 4.98. The normalized spacial score (nSPS) is 17.1. The molecular formula is C15H22BrN3O. The van der Waals surface area contributed by atoms with Crippen molar-refractivity contribution in [2.45, 2.75) is 32.2 Å². The van der Waals surface area contributed by atoms with Gasteiger partial charge in [0.15, 0.2) is 0 Å². The van der Waals surface area contributed by atoms with Gasteiger partial charge in [-0.25, -0.2) is 4.98 Å². The number of carbonyl (C=O) groups is 1. The number of pyridine rings is 1. The molecule has 0 spiro atoms. The van der Waals surface area contributed by atoms with Crippen LogP contribution in [-0.4, -0.2) is 53.4 Å². The second-order valence-corrected chi connectivity index (χ2v) is 6.27. The summed E-state index contributed by atoms with van der Waals surface area (Å²) in [5.41, 5.74) is 0.520. The lowest BCUT2D eigenvalue weighted by Crippen LogP contribution is -2.45. The van der Waals surface area contributed by atoms with E-state index < -0.39 is 0 Å². The van der Waals surface area contributed by atoms with Crippen molar-refractivity contribution in [2.75, 3.05) is 26.7 Å². The Bertz CT molecular complexity index is 441. The van der Waals surface area contributed by atoms with Gasteiger partial charge in [-0.15, -0.1) is 0 Å². The number of hydrogen-bond donors (Lipinski definition) is 0. The SMILES string of the molecule is CCCN1CCC(N(C)C(=O)c2ccc(Br)cn2)CC1. The molecule has 2 heterocycles. The summed E-state index contributed by atoms with van der Waals surface area (Å²) in [5, 5.41) is 0.